The van der Waals surface area contributed by atoms with Crippen LogP contribution in [-0.4, -0.2) is 29.9 Å². The smallest absolute Gasteiger partial charge is 0.261 e. The number of halogens is 1. The summed E-state index contributed by atoms with van der Waals surface area (Å²) in [7, 11) is -3.99. The van der Waals surface area contributed by atoms with E-state index in [1.54, 1.807) is 13.0 Å². The van der Waals surface area contributed by atoms with Gasteiger partial charge in [-0.2, -0.15) is 0 Å². The summed E-state index contributed by atoms with van der Waals surface area (Å²) in [6, 6.07) is 20.3. The standard InChI is InChI=1S/C27H40FNO2SSi/c1-21(19-25(28)22(2)29-32(30)26(3,4)5)20-31-33(27(6,7)8,23-15-11-9-12-16-23)24-17-13-10-14-18-24/h9-19,21-22,29H,20H2,1-8H3/b25-19-/t21-,22+,32?/m1/s1. The molecule has 0 aliphatic heterocycles. The van der Waals surface area contributed by atoms with Crippen LogP contribution in [0.3, 0.4) is 0 Å². The molecule has 1 N–H and O–H groups in total. The van der Waals surface area contributed by atoms with Gasteiger partial charge < -0.3 is 4.43 Å². The van der Waals surface area contributed by atoms with Crippen LogP contribution in [0.5, 0.6) is 0 Å². The maximum absolute atomic E-state index is 14.9. The largest absolute Gasteiger partial charge is 0.407 e. The van der Waals surface area contributed by atoms with E-state index in [0.717, 1.165) is 0 Å². The number of nitrogens with one attached hydrogen (secondary N) is 1. The van der Waals surface area contributed by atoms with Crippen molar-refractivity contribution in [2.45, 2.75) is 71.2 Å². The van der Waals surface area contributed by atoms with Crippen molar-refractivity contribution in [1.29, 1.82) is 0 Å². The lowest BCUT2D eigenvalue weighted by molar-refractivity contribution is 0.265. The predicted molar refractivity (Wildman–Crippen MR) is 142 cm³/mol. The lowest BCUT2D eigenvalue weighted by atomic mass is 10.1. The van der Waals surface area contributed by atoms with Gasteiger partial charge in [-0.15, -0.1) is 0 Å². The third-order valence-corrected chi connectivity index (χ3v) is 12.4. The average Bonchev–Trinajstić information content (AvgIpc) is 2.74. The minimum atomic E-state index is -2.66. The van der Waals surface area contributed by atoms with Crippen molar-refractivity contribution >= 4 is 29.7 Å². The second-order valence-electron chi connectivity index (χ2n) is 10.7. The molecule has 0 aliphatic carbocycles. The first kappa shape index (κ1) is 27.6. The lowest BCUT2D eigenvalue weighted by Crippen LogP contribution is -2.66. The fourth-order valence-corrected chi connectivity index (χ4v) is 9.33. The first-order valence-corrected chi connectivity index (χ1v) is 14.6. The van der Waals surface area contributed by atoms with Gasteiger partial charge in [-0.1, -0.05) is 88.4 Å². The van der Waals surface area contributed by atoms with E-state index in [2.05, 4.69) is 74.0 Å². The van der Waals surface area contributed by atoms with E-state index in [4.69, 9.17) is 4.43 Å². The molecule has 0 amide bonds. The summed E-state index contributed by atoms with van der Waals surface area (Å²) >= 11 is 0. The molecule has 0 bridgehead atoms. The number of rotatable bonds is 9. The van der Waals surface area contributed by atoms with E-state index in [0.29, 0.717) is 6.61 Å². The highest BCUT2D eigenvalue weighted by atomic mass is 32.2. The molecule has 2 rings (SSSR count). The zero-order chi connectivity index (χ0) is 24.9. The molecular formula is C27H40FNO2SSi. The van der Waals surface area contributed by atoms with E-state index >= 15 is 0 Å². The highest BCUT2D eigenvalue weighted by Crippen LogP contribution is 2.37. The molecule has 2 aromatic rings. The Balaban J connectivity index is 2.31. The van der Waals surface area contributed by atoms with Gasteiger partial charge in [-0.25, -0.2) is 13.3 Å². The Hall–Kier alpha value is -1.60. The topological polar surface area (TPSA) is 38.3 Å². The Morgan fingerprint density at radius 1 is 0.970 bits per heavy atom. The van der Waals surface area contributed by atoms with E-state index < -0.39 is 30.1 Å². The normalized spacial score (nSPS) is 16.3. The van der Waals surface area contributed by atoms with Crippen molar-refractivity contribution in [1.82, 2.24) is 4.72 Å². The van der Waals surface area contributed by atoms with Crippen molar-refractivity contribution in [3.05, 3.63) is 72.6 Å². The molecule has 2 aromatic carbocycles. The molecule has 0 fully saturated rings. The van der Waals surface area contributed by atoms with Gasteiger partial charge in [-0.3, -0.25) is 0 Å². The number of benzene rings is 2. The first-order valence-electron chi connectivity index (χ1n) is 11.6. The molecule has 0 radical (unpaired) electrons. The zero-order valence-electron chi connectivity index (χ0n) is 21.3. The molecule has 0 heterocycles. The molecule has 0 aromatic heterocycles. The molecule has 0 saturated heterocycles. The zero-order valence-corrected chi connectivity index (χ0v) is 23.1. The van der Waals surface area contributed by atoms with E-state index in [-0.39, 0.29) is 16.8 Å². The summed E-state index contributed by atoms with van der Waals surface area (Å²) in [5.74, 6) is -0.454. The van der Waals surface area contributed by atoms with Crippen molar-refractivity contribution in [2.24, 2.45) is 5.92 Å². The maximum Gasteiger partial charge on any atom is 0.261 e. The quantitative estimate of drug-likeness (QED) is 0.473. The summed E-state index contributed by atoms with van der Waals surface area (Å²) in [5.41, 5.74) is 0. The van der Waals surface area contributed by atoms with E-state index in [1.165, 1.54) is 10.4 Å². The summed E-state index contributed by atoms with van der Waals surface area (Å²) < 4.78 is 36.6. The minimum absolute atomic E-state index is 0.129. The Morgan fingerprint density at radius 2 is 1.42 bits per heavy atom. The van der Waals surface area contributed by atoms with Crippen LogP contribution in [-0.2, 0) is 15.4 Å². The van der Waals surface area contributed by atoms with E-state index in [9.17, 15) is 8.60 Å². The lowest BCUT2D eigenvalue weighted by Gasteiger charge is -2.43. The highest BCUT2D eigenvalue weighted by Gasteiger charge is 2.50. The third kappa shape index (κ3) is 6.95. The summed E-state index contributed by atoms with van der Waals surface area (Å²) in [6.07, 6.45) is 1.59. The van der Waals surface area contributed by atoms with Crippen molar-refractivity contribution < 1.29 is 13.0 Å². The van der Waals surface area contributed by atoms with Crippen molar-refractivity contribution in [2.75, 3.05) is 6.61 Å². The van der Waals surface area contributed by atoms with Gasteiger partial charge in [0.05, 0.1) is 21.8 Å². The average molecular weight is 490 g/mol. The van der Waals surface area contributed by atoms with E-state index in [1.807, 2.05) is 39.8 Å². The van der Waals surface area contributed by atoms with Crippen molar-refractivity contribution in [3.8, 4) is 0 Å². The summed E-state index contributed by atoms with van der Waals surface area (Å²) in [5, 5.41) is 2.28. The fourth-order valence-electron chi connectivity index (χ4n) is 3.88. The Morgan fingerprint density at radius 3 is 1.82 bits per heavy atom. The second-order valence-corrected chi connectivity index (χ2v) is 17.0. The van der Waals surface area contributed by atoms with Gasteiger partial charge in [0.1, 0.15) is 5.83 Å². The molecule has 1 unspecified atom stereocenters. The van der Waals surface area contributed by atoms with Crippen LogP contribution in [0.4, 0.5) is 4.39 Å². The molecule has 3 atom stereocenters. The summed E-state index contributed by atoms with van der Waals surface area (Å²) in [6.45, 7) is 16.3. The Kier molecular flexibility index (Phi) is 9.39. The van der Waals surface area contributed by atoms with Crippen LogP contribution >= 0.6 is 0 Å². The van der Waals surface area contributed by atoms with Gasteiger partial charge in [0.2, 0.25) is 0 Å². The van der Waals surface area contributed by atoms with Crippen LogP contribution in [0.15, 0.2) is 72.6 Å². The molecule has 182 valence electrons. The van der Waals surface area contributed by atoms with Crippen LogP contribution < -0.4 is 15.1 Å². The molecule has 6 heteroatoms. The molecule has 0 saturated carbocycles. The molecule has 33 heavy (non-hydrogen) atoms. The Bertz CT molecular complexity index is 897. The minimum Gasteiger partial charge on any atom is -0.407 e. The van der Waals surface area contributed by atoms with Crippen LogP contribution in [0.25, 0.3) is 0 Å². The maximum atomic E-state index is 14.9. The summed E-state index contributed by atoms with van der Waals surface area (Å²) in [4.78, 5) is 0. The third-order valence-electron chi connectivity index (χ3n) is 5.68. The van der Waals surface area contributed by atoms with Gasteiger partial charge in [0.25, 0.3) is 8.32 Å². The van der Waals surface area contributed by atoms with Gasteiger partial charge in [0, 0.05) is 6.61 Å². The Labute approximate surface area is 203 Å². The SMILES string of the molecule is C[C@H](/C=C(\F)[C@H](C)NS(=O)C(C)(C)C)CO[Si](c1ccccc1)(c1ccccc1)C(C)(C)C. The van der Waals surface area contributed by atoms with Crippen LogP contribution in [0.1, 0.15) is 55.4 Å². The molecule has 3 nitrogen and oxygen atoms in total. The van der Waals surface area contributed by atoms with Gasteiger partial charge in [0.15, 0.2) is 0 Å². The predicted octanol–water partition coefficient (Wildman–Crippen LogP) is 5.49. The molecular weight excluding hydrogens is 449 g/mol. The van der Waals surface area contributed by atoms with Crippen molar-refractivity contribution in [3.63, 3.8) is 0 Å². The van der Waals surface area contributed by atoms with Gasteiger partial charge >= 0.3 is 0 Å². The molecule has 0 spiro atoms. The number of hydrogen-bond donors (Lipinski definition) is 1. The fraction of sp³-hybridized carbons (Fsp3) is 0.481. The number of hydrogen-bond acceptors (Lipinski definition) is 2. The van der Waals surface area contributed by atoms with Crippen LogP contribution in [0, 0.1) is 5.92 Å². The van der Waals surface area contributed by atoms with Crippen LogP contribution in [0.2, 0.25) is 5.04 Å². The first-order chi connectivity index (χ1) is 15.3. The van der Waals surface area contributed by atoms with Gasteiger partial charge in [-0.05, 0) is 55.1 Å². The highest BCUT2D eigenvalue weighted by molar-refractivity contribution is 7.84. The monoisotopic (exact) mass is 489 g/mol. The second kappa shape index (κ2) is 11.2. The molecule has 0 aliphatic rings.